The van der Waals surface area contributed by atoms with Gasteiger partial charge in [0, 0.05) is 18.4 Å². The molecule has 1 unspecified atom stereocenters. The molecule has 0 fully saturated rings. The first-order valence-corrected chi connectivity index (χ1v) is 6.48. The van der Waals surface area contributed by atoms with E-state index in [1.165, 1.54) is 0 Å². The van der Waals surface area contributed by atoms with Crippen LogP contribution in [0.5, 0.6) is 0 Å². The van der Waals surface area contributed by atoms with E-state index in [2.05, 4.69) is 11.8 Å². The van der Waals surface area contributed by atoms with Crippen molar-refractivity contribution in [1.29, 1.82) is 0 Å². The lowest BCUT2D eigenvalue weighted by Gasteiger charge is -2.23. The Morgan fingerprint density at radius 3 is 2.72 bits per heavy atom. The summed E-state index contributed by atoms with van der Waals surface area (Å²) in [5, 5.41) is 10.5. The molecule has 2 heteroatoms. The van der Waals surface area contributed by atoms with Crippen LogP contribution in [-0.2, 0) is 6.42 Å². The third kappa shape index (κ3) is 3.45. The highest BCUT2D eigenvalue weighted by Gasteiger charge is 2.24. The smallest absolute Gasteiger partial charge is 0.150 e. The number of benzene rings is 1. The maximum absolute atomic E-state index is 10.6. The highest BCUT2D eigenvalue weighted by Crippen LogP contribution is 2.22. The van der Waals surface area contributed by atoms with Gasteiger partial charge in [-0.1, -0.05) is 36.6 Å². The lowest BCUT2D eigenvalue weighted by atomic mass is 9.88. The molecule has 0 saturated carbocycles. The van der Waals surface area contributed by atoms with Crippen molar-refractivity contribution in [3.8, 4) is 11.8 Å². The number of hydrogen-bond donors (Lipinski definition) is 1. The largest absolute Gasteiger partial charge is 0.377 e. The van der Waals surface area contributed by atoms with Crippen molar-refractivity contribution >= 4 is 6.29 Å². The third-order valence-corrected chi connectivity index (χ3v) is 3.33. The molecule has 1 aliphatic carbocycles. The molecule has 1 N–H and O–H groups in total. The molecule has 0 saturated heterocycles. The first-order valence-electron chi connectivity index (χ1n) is 6.48. The first kappa shape index (κ1) is 12.9. The van der Waals surface area contributed by atoms with Gasteiger partial charge in [-0.25, -0.2) is 0 Å². The molecular weight excluding hydrogens is 224 g/mol. The summed E-state index contributed by atoms with van der Waals surface area (Å²) in [5.74, 6) is 6.08. The zero-order chi connectivity index (χ0) is 12.8. The van der Waals surface area contributed by atoms with Crippen LogP contribution >= 0.6 is 0 Å². The van der Waals surface area contributed by atoms with Crippen molar-refractivity contribution < 1.29 is 9.90 Å². The molecule has 2 rings (SSSR count). The van der Waals surface area contributed by atoms with E-state index in [1.807, 2.05) is 12.1 Å². The average Bonchev–Trinajstić information content (AvgIpc) is 2.36. The molecule has 0 heterocycles. The van der Waals surface area contributed by atoms with Crippen LogP contribution in [0.2, 0.25) is 0 Å². The molecule has 0 amide bonds. The maximum atomic E-state index is 10.6. The van der Waals surface area contributed by atoms with Crippen molar-refractivity contribution in [2.75, 3.05) is 0 Å². The highest BCUT2D eigenvalue weighted by atomic mass is 16.3. The predicted octanol–water partition coefficient (Wildman–Crippen LogP) is 2.74. The summed E-state index contributed by atoms with van der Waals surface area (Å²) < 4.78 is 0. The SMILES string of the molecule is O=Cc1ccc(CC2(O)C#CCCCCC2)cc1. The van der Waals surface area contributed by atoms with Crippen LogP contribution in [0.15, 0.2) is 24.3 Å². The van der Waals surface area contributed by atoms with Gasteiger partial charge < -0.3 is 5.11 Å². The second-order valence-electron chi connectivity index (χ2n) is 4.93. The summed E-state index contributed by atoms with van der Waals surface area (Å²) in [5.41, 5.74) is 0.788. The van der Waals surface area contributed by atoms with Crippen molar-refractivity contribution in [2.24, 2.45) is 0 Å². The lowest BCUT2D eigenvalue weighted by Crippen LogP contribution is -2.30. The predicted molar refractivity (Wildman–Crippen MR) is 71.3 cm³/mol. The fourth-order valence-corrected chi connectivity index (χ4v) is 2.28. The van der Waals surface area contributed by atoms with Gasteiger partial charge in [0.15, 0.2) is 0 Å². The summed E-state index contributed by atoms with van der Waals surface area (Å²) in [7, 11) is 0. The quantitative estimate of drug-likeness (QED) is 0.653. The van der Waals surface area contributed by atoms with Gasteiger partial charge >= 0.3 is 0 Å². The number of aliphatic hydroxyl groups is 1. The van der Waals surface area contributed by atoms with Gasteiger partial charge in [-0.15, -0.1) is 5.92 Å². The maximum Gasteiger partial charge on any atom is 0.150 e. The summed E-state index contributed by atoms with van der Waals surface area (Å²) in [4.78, 5) is 10.6. The van der Waals surface area contributed by atoms with Gasteiger partial charge in [0.2, 0.25) is 0 Å². The van der Waals surface area contributed by atoms with Crippen molar-refractivity contribution in [2.45, 2.75) is 44.1 Å². The van der Waals surface area contributed by atoms with Crippen molar-refractivity contribution in [1.82, 2.24) is 0 Å². The van der Waals surface area contributed by atoms with E-state index in [0.29, 0.717) is 12.0 Å². The molecule has 0 bridgehead atoms. The van der Waals surface area contributed by atoms with E-state index in [0.717, 1.165) is 44.0 Å². The zero-order valence-corrected chi connectivity index (χ0v) is 10.5. The van der Waals surface area contributed by atoms with E-state index in [-0.39, 0.29) is 0 Å². The minimum Gasteiger partial charge on any atom is -0.377 e. The van der Waals surface area contributed by atoms with E-state index < -0.39 is 5.60 Å². The fraction of sp³-hybridized carbons (Fsp3) is 0.438. The van der Waals surface area contributed by atoms with Gasteiger partial charge in [-0.2, -0.15) is 0 Å². The molecule has 0 spiro atoms. The lowest BCUT2D eigenvalue weighted by molar-refractivity contribution is 0.0880. The third-order valence-electron chi connectivity index (χ3n) is 3.33. The molecule has 2 nitrogen and oxygen atoms in total. The average molecular weight is 242 g/mol. The highest BCUT2D eigenvalue weighted by molar-refractivity contribution is 5.74. The summed E-state index contributed by atoms with van der Waals surface area (Å²) >= 11 is 0. The van der Waals surface area contributed by atoms with Gasteiger partial charge in [0.05, 0.1) is 0 Å². The molecule has 1 aliphatic rings. The van der Waals surface area contributed by atoms with Gasteiger partial charge in [0.25, 0.3) is 0 Å². The molecular formula is C16H18O2. The Kier molecular flexibility index (Phi) is 4.17. The number of hydrogen-bond acceptors (Lipinski definition) is 2. The zero-order valence-electron chi connectivity index (χ0n) is 10.5. The van der Waals surface area contributed by atoms with Crippen molar-refractivity contribution in [3.05, 3.63) is 35.4 Å². The Labute approximate surface area is 108 Å². The summed E-state index contributed by atoms with van der Waals surface area (Å²) in [6, 6.07) is 7.34. The van der Waals surface area contributed by atoms with Gasteiger partial charge in [0.1, 0.15) is 11.9 Å². The van der Waals surface area contributed by atoms with E-state index >= 15 is 0 Å². The van der Waals surface area contributed by atoms with Crippen LogP contribution in [0.3, 0.4) is 0 Å². The van der Waals surface area contributed by atoms with E-state index in [1.54, 1.807) is 12.1 Å². The molecule has 1 aromatic rings. The van der Waals surface area contributed by atoms with Crippen LogP contribution in [0, 0.1) is 11.8 Å². The van der Waals surface area contributed by atoms with Gasteiger partial charge in [-0.05, 0) is 24.8 Å². The van der Waals surface area contributed by atoms with Crippen LogP contribution in [-0.4, -0.2) is 17.0 Å². The second kappa shape index (κ2) is 5.84. The summed E-state index contributed by atoms with van der Waals surface area (Å²) in [6.07, 6.45) is 6.28. The van der Waals surface area contributed by atoms with Crippen molar-refractivity contribution in [3.63, 3.8) is 0 Å². The van der Waals surface area contributed by atoms with Crippen LogP contribution in [0.25, 0.3) is 0 Å². The Morgan fingerprint density at radius 2 is 2.00 bits per heavy atom. The second-order valence-corrected chi connectivity index (χ2v) is 4.93. The number of carbonyl (C=O) groups is 1. The normalized spacial score (nSPS) is 23.4. The van der Waals surface area contributed by atoms with Crippen LogP contribution in [0.4, 0.5) is 0 Å². The molecule has 1 atom stereocenters. The minimum atomic E-state index is -0.900. The Bertz CT molecular complexity index is 464. The molecule has 0 aromatic heterocycles. The number of aldehydes is 1. The minimum absolute atomic E-state index is 0.541. The van der Waals surface area contributed by atoms with Crippen LogP contribution in [0.1, 0.15) is 48.0 Å². The van der Waals surface area contributed by atoms with E-state index in [9.17, 15) is 9.90 Å². The Hall–Kier alpha value is -1.59. The Balaban J connectivity index is 2.11. The molecule has 94 valence electrons. The summed E-state index contributed by atoms with van der Waals surface area (Å²) in [6.45, 7) is 0. The standard InChI is InChI=1S/C16H18O2/c17-13-15-8-6-14(7-9-15)12-16(18)10-4-2-1-3-5-11-16/h6-9,13,18H,1-4,10,12H2. The Morgan fingerprint density at radius 1 is 1.22 bits per heavy atom. The van der Waals surface area contributed by atoms with Gasteiger partial charge in [-0.3, -0.25) is 4.79 Å². The monoisotopic (exact) mass is 242 g/mol. The fourth-order valence-electron chi connectivity index (χ4n) is 2.28. The van der Waals surface area contributed by atoms with Crippen LogP contribution < -0.4 is 0 Å². The molecule has 18 heavy (non-hydrogen) atoms. The van der Waals surface area contributed by atoms with E-state index in [4.69, 9.17) is 0 Å². The molecule has 0 aliphatic heterocycles. The molecule has 1 aromatic carbocycles. The molecule has 0 radical (unpaired) electrons. The first-order chi connectivity index (χ1) is 8.72. The topological polar surface area (TPSA) is 37.3 Å². The number of rotatable bonds is 3. The number of carbonyl (C=O) groups excluding carboxylic acids is 1.